The highest BCUT2D eigenvalue weighted by atomic mass is 16.5. The van der Waals surface area contributed by atoms with Crippen LogP contribution in [0.15, 0.2) is 65.2 Å². The number of rotatable bonds is 6. The van der Waals surface area contributed by atoms with Crippen molar-refractivity contribution in [2.24, 2.45) is 5.92 Å². The van der Waals surface area contributed by atoms with Crippen LogP contribution in [0, 0.1) is 5.92 Å². The first-order valence-corrected chi connectivity index (χ1v) is 9.22. The van der Waals surface area contributed by atoms with E-state index in [1.54, 1.807) is 0 Å². The van der Waals surface area contributed by atoms with Crippen LogP contribution in [0.25, 0.3) is 11.3 Å². The minimum atomic E-state index is 0.111. The number of aliphatic hydroxyl groups excluding tert-OH is 1. The van der Waals surface area contributed by atoms with Crippen LogP contribution in [0.5, 0.6) is 0 Å². The second-order valence-electron chi connectivity index (χ2n) is 7.11. The number of benzene rings is 2. The lowest BCUT2D eigenvalue weighted by Crippen LogP contribution is -2.20. The summed E-state index contributed by atoms with van der Waals surface area (Å²) in [7, 11) is 0. The summed E-state index contributed by atoms with van der Waals surface area (Å²) in [6.07, 6.45) is 2.30. The number of nitrogens with zero attached hydrogens (tertiary/aromatic N) is 2. The Morgan fingerprint density at radius 3 is 2.58 bits per heavy atom. The number of aliphatic hydroxyl groups is 1. The lowest BCUT2D eigenvalue weighted by molar-refractivity contribution is 0.266. The quantitative estimate of drug-likeness (QED) is 0.734. The van der Waals surface area contributed by atoms with Gasteiger partial charge in [-0.1, -0.05) is 59.8 Å². The van der Waals surface area contributed by atoms with Crippen LogP contribution in [0.3, 0.4) is 0 Å². The first-order valence-electron chi connectivity index (χ1n) is 9.22. The summed E-state index contributed by atoms with van der Waals surface area (Å²) in [5.41, 5.74) is 4.31. The number of hydrogen-bond donors (Lipinski definition) is 1. The number of hydrogen-bond acceptors (Lipinski definition) is 4. The molecule has 0 bridgehead atoms. The molecule has 0 radical (unpaired) electrons. The zero-order valence-corrected chi connectivity index (χ0v) is 14.8. The van der Waals surface area contributed by atoms with Gasteiger partial charge in [-0.25, -0.2) is 0 Å². The van der Waals surface area contributed by atoms with Crippen LogP contribution in [-0.2, 0) is 19.6 Å². The predicted molar refractivity (Wildman–Crippen MR) is 101 cm³/mol. The average Bonchev–Trinajstić information content (AvgIpc) is 3.33. The van der Waals surface area contributed by atoms with E-state index < -0.39 is 0 Å². The molecule has 1 atom stereocenters. The van der Waals surface area contributed by atoms with Gasteiger partial charge in [-0.3, -0.25) is 4.90 Å². The van der Waals surface area contributed by atoms with Crippen molar-refractivity contribution in [3.8, 4) is 11.3 Å². The molecule has 0 saturated carbocycles. The highest BCUT2D eigenvalue weighted by molar-refractivity contribution is 5.58. The second-order valence-corrected chi connectivity index (χ2v) is 7.11. The Kier molecular flexibility index (Phi) is 5.14. The summed E-state index contributed by atoms with van der Waals surface area (Å²) >= 11 is 0. The van der Waals surface area contributed by atoms with Crippen molar-refractivity contribution in [2.45, 2.75) is 26.0 Å². The van der Waals surface area contributed by atoms with Crippen molar-refractivity contribution in [1.29, 1.82) is 0 Å². The van der Waals surface area contributed by atoms with Crippen LogP contribution < -0.4 is 0 Å². The van der Waals surface area contributed by atoms with E-state index in [1.807, 2.05) is 30.3 Å². The van der Waals surface area contributed by atoms with Gasteiger partial charge in [-0.15, -0.1) is 0 Å². The Labute approximate surface area is 154 Å². The Balaban J connectivity index is 1.32. The van der Waals surface area contributed by atoms with Crippen molar-refractivity contribution >= 4 is 0 Å². The summed E-state index contributed by atoms with van der Waals surface area (Å²) in [5, 5.41) is 13.4. The minimum absolute atomic E-state index is 0.111. The maximum absolute atomic E-state index is 9.14. The lowest BCUT2D eigenvalue weighted by Gasteiger charge is -2.14. The first kappa shape index (κ1) is 17.0. The van der Waals surface area contributed by atoms with Crippen molar-refractivity contribution in [3.63, 3.8) is 0 Å². The molecule has 1 aromatic heterocycles. The van der Waals surface area contributed by atoms with Gasteiger partial charge >= 0.3 is 0 Å². The second kappa shape index (κ2) is 7.85. The van der Waals surface area contributed by atoms with Crippen LogP contribution in [0.2, 0.25) is 0 Å². The minimum Gasteiger partial charge on any atom is -0.392 e. The molecule has 134 valence electrons. The Morgan fingerprint density at radius 2 is 1.81 bits per heavy atom. The van der Waals surface area contributed by atoms with Crippen LogP contribution in [-0.4, -0.2) is 28.3 Å². The fourth-order valence-electron chi connectivity index (χ4n) is 3.69. The van der Waals surface area contributed by atoms with Crippen molar-refractivity contribution in [2.75, 3.05) is 13.1 Å². The summed E-state index contributed by atoms with van der Waals surface area (Å²) in [4.78, 5) is 2.45. The third kappa shape index (κ3) is 4.03. The Hall–Kier alpha value is -2.43. The molecule has 26 heavy (non-hydrogen) atoms. The van der Waals surface area contributed by atoms with Gasteiger partial charge in [0.25, 0.3) is 0 Å². The van der Waals surface area contributed by atoms with Crippen molar-refractivity contribution in [3.05, 3.63) is 77.6 Å². The zero-order chi connectivity index (χ0) is 17.8. The molecule has 0 spiro atoms. The molecule has 0 unspecified atom stereocenters. The van der Waals surface area contributed by atoms with E-state index >= 15 is 0 Å². The first-order chi connectivity index (χ1) is 12.8. The van der Waals surface area contributed by atoms with E-state index in [0.29, 0.717) is 5.92 Å². The molecular formula is C22H24N2O2. The molecule has 2 aromatic carbocycles. The van der Waals surface area contributed by atoms with Gasteiger partial charge in [0.15, 0.2) is 5.76 Å². The molecule has 4 nitrogen and oxygen atoms in total. The number of aromatic nitrogens is 1. The van der Waals surface area contributed by atoms with E-state index in [9.17, 15) is 0 Å². The Bertz CT molecular complexity index is 827. The van der Waals surface area contributed by atoms with E-state index in [1.165, 1.54) is 12.0 Å². The van der Waals surface area contributed by atoms with Gasteiger partial charge in [0.2, 0.25) is 0 Å². The third-order valence-corrected chi connectivity index (χ3v) is 5.11. The standard InChI is InChI=1S/C22H24N2O2/c25-16-18-8-6-17(7-9-18)12-19-10-11-24(14-19)15-21-13-22(23-26-21)20-4-2-1-3-5-20/h1-9,13,19,25H,10-12,14-16H2/t19-/m1/s1. The molecule has 0 aliphatic carbocycles. The monoisotopic (exact) mass is 348 g/mol. The fraction of sp³-hybridized carbons (Fsp3) is 0.318. The van der Waals surface area contributed by atoms with Crippen molar-refractivity contribution in [1.82, 2.24) is 10.1 Å². The van der Waals surface area contributed by atoms with Gasteiger partial charge in [-0.05, 0) is 36.4 Å². The molecule has 0 amide bonds. The van der Waals surface area contributed by atoms with E-state index in [2.05, 4.69) is 40.4 Å². The molecule has 1 aliphatic heterocycles. The van der Waals surface area contributed by atoms with Gasteiger partial charge in [0.1, 0.15) is 5.69 Å². The van der Waals surface area contributed by atoms with Crippen LogP contribution in [0.1, 0.15) is 23.3 Å². The summed E-state index contributed by atoms with van der Waals surface area (Å²) < 4.78 is 5.54. The molecule has 1 aliphatic rings. The maximum atomic E-state index is 9.14. The van der Waals surface area contributed by atoms with E-state index in [4.69, 9.17) is 9.63 Å². The molecule has 4 rings (SSSR count). The molecule has 2 heterocycles. The predicted octanol–water partition coefficient (Wildman–Crippen LogP) is 3.90. The fourth-order valence-corrected chi connectivity index (χ4v) is 3.69. The molecule has 3 aromatic rings. The highest BCUT2D eigenvalue weighted by Gasteiger charge is 2.23. The van der Waals surface area contributed by atoms with E-state index in [-0.39, 0.29) is 6.61 Å². The smallest absolute Gasteiger partial charge is 0.151 e. The van der Waals surface area contributed by atoms with Crippen molar-refractivity contribution < 1.29 is 9.63 Å². The van der Waals surface area contributed by atoms with Crippen LogP contribution in [0.4, 0.5) is 0 Å². The zero-order valence-electron chi connectivity index (χ0n) is 14.8. The average molecular weight is 348 g/mol. The molecule has 1 fully saturated rings. The summed E-state index contributed by atoms with van der Waals surface area (Å²) in [6.45, 7) is 3.11. The summed E-state index contributed by atoms with van der Waals surface area (Å²) in [6, 6.07) is 20.5. The highest BCUT2D eigenvalue weighted by Crippen LogP contribution is 2.24. The van der Waals surface area contributed by atoms with Crippen LogP contribution >= 0.6 is 0 Å². The molecule has 1 N–H and O–H groups in total. The topological polar surface area (TPSA) is 49.5 Å². The SMILES string of the molecule is OCc1ccc(C[C@H]2CCN(Cc3cc(-c4ccccc4)no3)C2)cc1. The Morgan fingerprint density at radius 1 is 1.04 bits per heavy atom. The lowest BCUT2D eigenvalue weighted by atomic mass is 9.98. The third-order valence-electron chi connectivity index (χ3n) is 5.11. The van der Waals surface area contributed by atoms with Gasteiger partial charge in [-0.2, -0.15) is 0 Å². The molecular weight excluding hydrogens is 324 g/mol. The normalized spacial score (nSPS) is 17.7. The van der Waals surface area contributed by atoms with Gasteiger partial charge in [0, 0.05) is 18.2 Å². The van der Waals surface area contributed by atoms with Gasteiger partial charge < -0.3 is 9.63 Å². The number of likely N-dealkylation sites (tertiary alicyclic amines) is 1. The summed E-state index contributed by atoms with van der Waals surface area (Å²) in [5.74, 6) is 1.60. The largest absolute Gasteiger partial charge is 0.392 e. The van der Waals surface area contributed by atoms with Gasteiger partial charge in [0.05, 0.1) is 13.2 Å². The maximum Gasteiger partial charge on any atom is 0.151 e. The van der Waals surface area contributed by atoms with E-state index in [0.717, 1.165) is 48.6 Å². The molecule has 4 heteroatoms. The molecule has 1 saturated heterocycles.